The number of nitrogens with one attached hydrogen (secondary N) is 2. The minimum atomic E-state index is -0.243. The van der Waals surface area contributed by atoms with Crippen LogP contribution in [0.4, 0.5) is 4.39 Å². The van der Waals surface area contributed by atoms with Crippen molar-refractivity contribution in [2.75, 3.05) is 46.4 Å². The highest BCUT2D eigenvalue weighted by molar-refractivity contribution is 14.0. The Kier molecular flexibility index (Phi) is 9.94. The van der Waals surface area contributed by atoms with E-state index in [4.69, 9.17) is 4.74 Å². The Morgan fingerprint density at radius 2 is 1.82 bits per heavy atom. The maximum Gasteiger partial charge on any atom is 0.191 e. The minimum Gasteiger partial charge on any atom is -0.379 e. The molecule has 1 aliphatic carbocycles. The molecule has 7 nitrogen and oxygen atoms in total. The van der Waals surface area contributed by atoms with Gasteiger partial charge in [0.2, 0.25) is 0 Å². The predicted molar refractivity (Wildman–Crippen MR) is 140 cm³/mol. The highest BCUT2D eigenvalue weighted by atomic mass is 127. The van der Waals surface area contributed by atoms with E-state index in [1.807, 2.05) is 19.3 Å². The van der Waals surface area contributed by atoms with Gasteiger partial charge in [0, 0.05) is 51.4 Å². The molecule has 4 rings (SSSR count). The summed E-state index contributed by atoms with van der Waals surface area (Å²) in [6, 6.07) is 8.35. The first kappa shape index (κ1) is 25.9. The van der Waals surface area contributed by atoms with Crippen molar-refractivity contribution < 1.29 is 9.13 Å². The molecular weight excluding hydrogens is 534 g/mol. The third kappa shape index (κ3) is 6.89. The molecule has 2 fully saturated rings. The maximum absolute atomic E-state index is 13.1. The van der Waals surface area contributed by atoms with E-state index in [0.29, 0.717) is 0 Å². The summed E-state index contributed by atoms with van der Waals surface area (Å²) in [6.07, 6.45) is 9.08. The van der Waals surface area contributed by atoms with Crippen molar-refractivity contribution in [1.82, 2.24) is 25.3 Å². The fraction of sp³-hybridized carbons (Fsp3) is 0.583. The van der Waals surface area contributed by atoms with Crippen LogP contribution in [-0.4, -0.2) is 72.6 Å². The molecule has 1 aromatic carbocycles. The molecule has 1 saturated carbocycles. The van der Waals surface area contributed by atoms with Gasteiger partial charge in [0.15, 0.2) is 5.96 Å². The monoisotopic (exact) mass is 570 g/mol. The molecule has 2 aliphatic rings. The zero-order chi connectivity index (χ0) is 22.2. The molecule has 9 heteroatoms. The first-order valence-corrected chi connectivity index (χ1v) is 11.8. The Morgan fingerprint density at radius 3 is 2.52 bits per heavy atom. The van der Waals surface area contributed by atoms with Crippen LogP contribution in [-0.2, 0) is 11.2 Å². The number of aliphatic imine (C=N–C) groups is 1. The highest BCUT2D eigenvalue weighted by Gasteiger charge is 2.38. The normalized spacial score (nSPS) is 19.0. The van der Waals surface area contributed by atoms with Crippen LogP contribution in [0, 0.1) is 5.82 Å². The van der Waals surface area contributed by atoms with Gasteiger partial charge >= 0.3 is 0 Å². The van der Waals surface area contributed by atoms with E-state index < -0.39 is 0 Å². The second-order valence-corrected chi connectivity index (χ2v) is 8.72. The highest BCUT2D eigenvalue weighted by Crippen LogP contribution is 2.33. The molecule has 1 aromatic heterocycles. The van der Waals surface area contributed by atoms with Crippen molar-refractivity contribution in [1.29, 1.82) is 0 Å². The smallest absolute Gasteiger partial charge is 0.191 e. The zero-order valence-corrected chi connectivity index (χ0v) is 21.8. The fourth-order valence-corrected chi connectivity index (χ4v) is 4.86. The van der Waals surface area contributed by atoms with E-state index in [1.54, 1.807) is 16.8 Å². The number of benzene rings is 1. The van der Waals surface area contributed by atoms with Gasteiger partial charge in [0.25, 0.3) is 0 Å². The van der Waals surface area contributed by atoms with E-state index in [2.05, 4.69) is 25.6 Å². The molecule has 2 heterocycles. The quantitative estimate of drug-likeness (QED) is 0.304. The Balaban J connectivity index is 0.00000306. The lowest BCUT2D eigenvalue weighted by atomic mass is 9.80. The number of rotatable bonds is 7. The van der Waals surface area contributed by atoms with E-state index in [1.165, 1.54) is 44.2 Å². The van der Waals surface area contributed by atoms with Crippen LogP contribution in [0.3, 0.4) is 0 Å². The molecule has 1 aliphatic heterocycles. The number of guanidine groups is 1. The van der Waals surface area contributed by atoms with E-state index >= 15 is 0 Å². The molecule has 182 valence electrons. The SMILES string of the molecule is CN=C(NCCc1ccn(-c2ccc(F)cc2)n1)NCC1(N2CCOCC2)CCCCC1.I. The van der Waals surface area contributed by atoms with Gasteiger partial charge < -0.3 is 15.4 Å². The average Bonchev–Trinajstić information content (AvgIpc) is 3.32. The number of aromatic nitrogens is 2. The zero-order valence-electron chi connectivity index (χ0n) is 19.4. The summed E-state index contributed by atoms with van der Waals surface area (Å²) in [5, 5.41) is 11.6. The van der Waals surface area contributed by atoms with E-state index in [9.17, 15) is 4.39 Å². The number of hydrogen-bond donors (Lipinski definition) is 2. The second-order valence-electron chi connectivity index (χ2n) is 8.72. The van der Waals surface area contributed by atoms with Gasteiger partial charge in [-0.1, -0.05) is 19.3 Å². The van der Waals surface area contributed by atoms with Crippen molar-refractivity contribution in [2.24, 2.45) is 4.99 Å². The second kappa shape index (κ2) is 12.7. The Labute approximate surface area is 213 Å². The van der Waals surface area contributed by atoms with Gasteiger partial charge in [-0.15, -0.1) is 24.0 Å². The van der Waals surface area contributed by atoms with Crippen molar-refractivity contribution in [2.45, 2.75) is 44.1 Å². The molecule has 0 radical (unpaired) electrons. The van der Waals surface area contributed by atoms with Crippen LogP contribution in [0.15, 0.2) is 41.5 Å². The lowest BCUT2D eigenvalue weighted by Gasteiger charge is -2.48. The van der Waals surface area contributed by atoms with E-state index in [0.717, 1.165) is 63.2 Å². The lowest BCUT2D eigenvalue weighted by Crippen LogP contribution is -2.60. The number of halogens is 2. The van der Waals surface area contributed by atoms with Gasteiger partial charge in [0.1, 0.15) is 5.82 Å². The predicted octanol–water partition coefficient (Wildman–Crippen LogP) is 3.37. The van der Waals surface area contributed by atoms with Crippen LogP contribution in [0.2, 0.25) is 0 Å². The van der Waals surface area contributed by atoms with Crippen molar-refractivity contribution in [3.63, 3.8) is 0 Å². The first-order chi connectivity index (χ1) is 15.7. The molecule has 0 bridgehead atoms. The number of nitrogens with zero attached hydrogens (tertiary/aromatic N) is 4. The summed E-state index contributed by atoms with van der Waals surface area (Å²) in [4.78, 5) is 7.07. The third-order valence-corrected chi connectivity index (χ3v) is 6.68. The van der Waals surface area contributed by atoms with Crippen LogP contribution in [0.25, 0.3) is 5.69 Å². The first-order valence-electron chi connectivity index (χ1n) is 11.8. The summed E-state index contributed by atoms with van der Waals surface area (Å²) >= 11 is 0. The number of ether oxygens (including phenoxy) is 1. The lowest BCUT2D eigenvalue weighted by molar-refractivity contribution is -0.0352. The topological polar surface area (TPSA) is 66.7 Å². The van der Waals surface area contributed by atoms with Gasteiger partial charge in [-0.25, -0.2) is 9.07 Å². The Bertz CT molecular complexity index is 875. The molecule has 0 atom stereocenters. The van der Waals surface area contributed by atoms with Crippen molar-refractivity contribution in [3.05, 3.63) is 48.0 Å². The molecule has 0 spiro atoms. The van der Waals surface area contributed by atoms with Crippen LogP contribution >= 0.6 is 24.0 Å². The molecule has 33 heavy (non-hydrogen) atoms. The van der Waals surface area contributed by atoms with Crippen LogP contribution in [0.1, 0.15) is 37.8 Å². The van der Waals surface area contributed by atoms with Crippen molar-refractivity contribution in [3.8, 4) is 5.69 Å². The maximum atomic E-state index is 13.1. The molecule has 0 unspecified atom stereocenters. The molecule has 2 aromatic rings. The van der Waals surface area contributed by atoms with Gasteiger partial charge in [0.05, 0.1) is 24.6 Å². The summed E-state index contributed by atoms with van der Waals surface area (Å²) in [7, 11) is 1.82. The molecule has 2 N–H and O–H groups in total. The van der Waals surface area contributed by atoms with Crippen LogP contribution < -0.4 is 10.6 Å². The minimum absolute atomic E-state index is 0. The van der Waals surface area contributed by atoms with Crippen LogP contribution in [0.5, 0.6) is 0 Å². The standard InChI is InChI=1S/C24H35FN6O.HI/c1-26-23(28-19-24(11-3-2-4-12-24)30-15-17-32-18-16-30)27-13-9-21-10-14-31(29-21)22-7-5-20(25)6-8-22;/h5-8,10,14H,2-4,9,11-13,15-19H2,1H3,(H2,26,27,28);1H. The number of morpholine rings is 1. The number of hydrogen-bond acceptors (Lipinski definition) is 4. The summed E-state index contributed by atoms with van der Waals surface area (Å²) in [5.74, 6) is 0.592. The van der Waals surface area contributed by atoms with Gasteiger partial charge in [-0.3, -0.25) is 9.89 Å². The molecule has 1 saturated heterocycles. The molecule has 0 amide bonds. The van der Waals surface area contributed by atoms with Gasteiger partial charge in [-0.05, 0) is 43.2 Å². The Morgan fingerprint density at radius 1 is 1.09 bits per heavy atom. The Hall–Kier alpha value is -1.72. The average molecular weight is 570 g/mol. The summed E-state index contributed by atoms with van der Waals surface area (Å²) in [5.41, 5.74) is 2.03. The fourth-order valence-electron chi connectivity index (χ4n) is 4.86. The largest absolute Gasteiger partial charge is 0.379 e. The summed E-state index contributed by atoms with van der Waals surface area (Å²) < 4.78 is 20.5. The van der Waals surface area contributed by atoms with Crippen molar-refractivity contribution >= 4 is 29.9 Å². The third-order valence-electron chi connectivity index (χ3n) is 6.68. The van der Waals surface area contributed by atoms with E-state index in [-0.39, 0.29) is 35.3 Å². The summed E-state index contributed by atoms with van der Waals surface area (Å²) in [6.45, 7) is 5.35. The molecular formula is C24H36FIN6O. The van der Waals surface area contributed by atoms with Gasteiger partial charge in [-0.2, -0.15) is 5.10 Å².